The molecular weight excluding hydrogens is 196 g/mol. The van der Waals surface area contributed by atoms with E-state index in [2.05, 4.69) is 0 Å². The molecule has 1 nitrogen and oxygen atoms in total. The third-order valence-electron chi connectivity index (χ3n) is 2.31. The van der Waals surface area contributed by atoms with Crippen molar-refractivity contribution in [1.82, 2.24) is 0 Å². The number of rotatable bonds is 0. The molecule has 0 unspecified atom stereocenters. The molecular formula is C9H10ClF2N. The summed E-state index contributed by atoms with van der Waals surface area (Å²) in [7, 11) is 0. The van der Waals surface area contributed by atoms with Gasteiger partial charge in [0.15, 0.2) is 11.6 Å². The Morgan fingerprint density at radius 3 is 2.54 bits per heavy atom. The minimum Gasteiger partial charge on any atom is -0.324 e. The van der Waals surface area contributed by atoms with Crippen molar-refractivity contribution in [2.24, 2.45) is 5.73 Å². The van der Waals surface area contributed by atoms with E-state index in [9.17, 15) is 8.78 Å². The lowest BCUT2D eigenvalue weighted by atomic mass is 10.1. The summed E-state index contributed by atoms with van der Waals surface area (Å²) in [6, 6.07) is 2.34. The third kappa shape index (κ3) is 1.67. The fourth-order valence-corrected chi connectivity index (χ4v) is 1.63. The summed E-state index contributed by atoms with van der Waals surface area (Å²) in [4.78, 5) is 0. The van der Waals surface area contributed by atoms with Crippen LogP contribution in [0, 0.1) is 11.6 Å². The van der Waals surface area contributed by atoms with Crippen LogP contribution in [-0.2, 0) is 6.42 Å². The van der Waals surface area contributed by atoms with Crippen molar-refractivity contribution in [3.05, 3.63) is 34.9 Å². The summed E-state index contributed by atoms with van der Waals surface area (Å²) < 4.78 is 25.4. The van der Waals surface area contributed by atoms with Gasteiger partial charge in [0.2, 0.25) is 0 Å². The minimum atomic E-state index is -0.800. The molecule has 0 aliphatic heterocycles. The number of nitrogens with two attached hydrogens (primary N) is 1. The summed E-state index contributed by atoms with van der Waals surface area (Å²) in [6.07, 6.45) is 1.55. The molecule has 1 aliphatic carbocycles. The zero-order valence-corrected chi connectivity index (χ0v) is 7.70. The Balaban J connectivity index is 0.000000845. The van der Waals surface area contributed by atoms with Crippen LogP contribution >= 0.6 is 12.4 Å². The summed E-state index contributed by atoms with van der Waals surface area (Å²) in [5.41, 5.74) is 7.28. The molecule has 72 valence electrons. The van der Waals surface area contributed by atoms with E-state index in [4.69, 9.17) is 5.73 Å². The second-order valence-corrected chi connectivity index (χ2v) is 3.11. The van der Waals surface area contributed by atoms with E-state index >= 15 is 0 Å². The molecule has 1 aromatic rings. The van der Waals surface area contributed by atoms with Gasteiger partial charge in [-0.25, -0.2) is 8.78 Å². The molecule has 1 atom stereocenters. The first-order valence-electron chi connectivity index (χ1n) is 3.92. The molecule has 2 N–H and O–H groups in total. The molecule has 13 heavy (non-hydrogen) atoms. The van der Waals surface area contributed by atoms with Crippen molar-refractivity contribution >= 4 is 12.4 Å². The molecule has 0 aromatic heterocycles. The first kappa shape index (κ1) is 10.4. The number of fused-ring (bicyclic) bond motifs is 1. The van der Waals surface area contributed by atoms with Crippen molar-refractivity contribution < 1.29 is 8.78 Å². The fraction of sp³-hybridized carbons (Fsp3) is 0.333. The van der Waals surface area contributed by atoms with Crippen LogP contribution < -0.4 is 5.73 Å². The number of aryl methyl sites for hydroxylation is 1. The van der Waals surface area contributed by atoms with Gasteiger partial charge in [0.25, 0.3) is 0 Å². The summed E-state index contributed by atoms with van der Waals surface area (Å²) >= 11 is 0. The van der Waals surface area contributed by atoms with E-state index in [1.807, 2.05) is 0 Å². The Labute approximate surface area is 81.3 Å². The molecule has 2 rings (SSSR count). The van der Waals surface area contributed by atoms with Crippen molar-refractivity contribution in [2.75, 3.05) is 0 Å². The standard InChI is InChI=1S/C9H9F2N.ClH/c10-7-3-5-1-2-9(12)6(5)4-8(7)11;/h3-4,9H,1-2,12H2;1H/t9-;/m0./s1. The van der Waals surface area contributed by atoms with Gasteiger partial charge >= 0.3 is 0 Å². The van der Waals surface area contributed by atoms with Crippen LogP contribution in [0.4, 0.5) is 8.78 Å². The van der Waals surface area contributed by atoms with Crippen LogP contribution in [0.25, 0.3) is 0 Å². The molecule has 0 fully saturated rings. The Bertz CT molecular complexity index is 328. The summed E-state index contributed by atoms with van der Waals surface area (Å²) in [5.74, 6) is -1.58. The zero-order chi connectivity index (χ0) is 8.72. The molecule has 0 spiro atoms. The lowest BCUT2D eigenvalue weighted by molar-refractivity contribution is 0.506. The highest BCUT2D eigenvalue weighted by molar-refractivity contribution is 5.85. The monoisotopic (exact) mass is 205 g/mol. The first-order valence-corrected chi connectivity index (χ1v) is 3.92. The normalized spacial score (nSPS) is 19.5. The van der Waals surface area contributed by atoms with Crippen molar-refractivity contribution in [1.29, 1.82) is 0 Å². The molecule has 0 saturated carbocycles. The Hall–Kier alpha value is -0.670. The van der Waals surface area contributed by atoms with E-state index in [1.54, 1.807) is 0 Å². The quantitative estimate of drug-likeness (QED) is 0.691. The first-order chi connectivity index (χ1) is 5.68. The maximum atomic E-state index is 12.7. The highest BCUT2D eigenvalue weighted by Crippen LogP contribution is 2.30. The lowest BCUT2D eigenvalue weighted by Gasteiger charge is -2.04. The largest absolute Gasteiger partial charge is 0.324 e. The Morgan fingerprint density at radius 1 is 1.23 bits per heavy atom. The molecule has 1 aromatic carbocycles. The zero-order valence-electron chi connectivity index (χ0n) is 6.89. The van der Waals surface area contributed by atoms with Crippen LogP contribution in [0.3, 0.4) is 0 Å². The molecule has 0 heterocycles. The molecule has 4 heteroatoms. The number of halogens is 3. The van der Waals surface area contributed by atoms with Gasteiger partial charge in [-0.05, 0) is 36.1 Å². The van der Waals surface area contributed by atoms with Gasteiger partial charge in [-0.3, -0.25) is 0 Å². The smallest absolute Gasteiger partial charge is 0.159 e. The number of hydrogen-bond donors (Lipinski definition) is 1. The molecule has 0 bridgehead atoms. The van der Waals surface area contributed by atoms with Crippen LogP contribution in [0.2, 0.25) is 0 Å². The summed E-state index contributed by atoms with van der Waals surface area (Å²) in [6.45, 7) is 0. The van der Waals surface area contributed by atoms with Gasteiger partial charge in [-0.15, -0.1) is 12.4 Å². The second-order valence-electron chi connectivity index (χ2n) is 3.11. The van der Waals surface area contributed by atoms with Gasteiger partial charge in [-0.2, -0.15) is 0 Å². The average molecular weight is 206 g/mol. The minimum absolute atomic E-state index is 0. The van der Waals surface area contributed by atoms with Crippen molar-refractivity contribution in [3.8, 4) is 0 Å². The molecule has 0 saturated heterocycles. The maximum absolute atomic E-state index is 12.7. The predicted molar refractivity (Wildman–Crippen MR) is 48.9 cm³/mol. The van der Waals surface area contributed by atoms with Gasteiger partial charge in [0.1, 0.15) is 0 Å². The van der Waals surface area contributed by atoms with Crippen molar-refractivity contribution in [3.63, 3.8) is 0 Å². The van der Waals surface area contributed by atoms with Crippen LogP contribution in [0.15, 0.2) is 12.1 Å². The molecule has 1 aliphatic rings. The van der Waals surface area contributed by atoms with E-state index in [1.165, 1.54) is 12.1 Å². The van der Waals surface area contributed by atoms with E-state index in [0.717, 1.165) is 24.0 Å². The number of benzene rings is 1. The van der Waals surface area contributed by atoms with Crippen LogP contribution in [-0.4, -0.2) is 0 Å². The second kappa shape index (κ2) is 3.60. The third-order valence-corrected chi connectivity index (χ3v) is 2.31. The molecule has 0 amide bonds. The topological polar surface area (TPSA) is 26.0 Å². The van der Waals surface area contributed by atoms with Crippen LogP contribution in [0.5, 0.6) is 0 Å². The van der Waals surface area contributed by atoms with Gasteiger partial charge in [-0.1, -0.05) is 0 Å². The summed E-state index contributed by atoms with van der Waals surface area (Å²) in [5, 5.41) is 0. The molecule has 0 radical (unpaired) electrons. The maximum Gasteiger partial charge on any atom is 0.159 e. The average Bonchev–Trinajstić information content (AvgIpc) is 2.35. The van der Waals surface area contributed by atoms with E-state index in [-0.39, 0.29) is 18.4 Å². The fourth-order valence-electron chi connectivity index (χ4n) is 1.63. The SMILES string of the molecule is Cl.N[C@H]1CCc2cc(F)c(F)cc21. The van der Waals surface area contributed by atoms with Gasteiger partial charge in [0.05, 0.1) is 0 Å². The van der Waals surface area contributed by atoms with Crippen LogP contribution in [0.1, 0.15) is 23.6 Å². The highest BCUT2D eigenvalue weighted by atomic mass is 35.5. The predicted octanol–water partition coefficient (Wildman–Crippen LogP) is 2.33. The van der Waals surface area contributed by atoms with Gasteiger partial charge in [0, 0.05) is 6.04 Å². The highest BCUT2D eigenvalue weighted by Gasteiger charge is 2.21. The van der Waals surface area contributed by atoms with E-state index in [0.29, 0.717) is 0 Å². The lowest BCUT2D eigenvalue weighted by Crippen LogP contribution is -2.05. The van der Waals surface area contributed by atoms with Crippen molar-refractivity contribution in [2.45, 2.75) is 18.9 Å². The Morgan fingerprint density at radius 2 is 1.85 bits per heavy atom. The Kier molecular flexibility index (Phi) is 2.88. The number of hydrogen-bond acceptors (Lipinski definition) is 1. The van der Waals surface area contributed by atoms with E-state index < -0.39 is 11.6 Å². The van der Waals surface area contributed by atoms with Gasteiger partial charge < -0.3 is 5.73 Å².